The van der Waals surface area contributed by atoms with E-state index in [2.05, 4.69) is 10.6 Å². The van der Waals surface area contributed by atoms with E-state index in [1.54, 1.807) is 49.4 Å². The predicted octanol–water partition coefficient (Wildman–Crippen LogP) is 4.08. The van der Waals surface area contributed by atoms with Gasteiger partial charge in [0.1, 0.15) is 11.6 Å². The van der Waals surface area contributed by atoms with E-state index in [9.17, 15) is 14.0 Å². The van der Waals surface area contributed by atoms with E-state index in [4.69, 9.17) is 9.15 Å². The molecule has 0 radical (unpaired) electrons. The molecule has 0 aliphatic rings. The number of ether oxygens (including phenoxy) is 1. The quantitative estimate of drug-likeness (QED) is 0.687. The van der Waals surface area contributed by atoms with Gasteiger partial charge in [-0.05, 0) is 55.5 Å². The summed E-state index contributed by atoms with van der Waals surface area (Å²) < 4.78 is 24.2. The maximum absolute atomic E-state index is 13.6. The van der Waals surface area contributed by atoms with Crippen LogP contribution in [-0.2, 0) is 4.79 Å². The first-order valence-electron chi connectivity index (χ1n) is 8.20. The number of carbonyl (C=O) groups excluding carboxylic acids is 2. The lowest BCUT2D eigenvalue weighted by atomic mass is 10.2. The standard InChI is InChI=1S/C20H17FN2O4/c1-13(19(24)23-17-6-3-2-5-16(17)21)27-15-10-8-14(9-11-15)22-20(25)18-7-4-12-26-18/h2-13H,1H3,(H,22,25)(H,23,24)/t13-/m0/s1. The van der Waals surface area contributed by atoms with Crippen LogP contribution >= 0.6 is 0 Å². The number of benzene rings is 2. The average molecular weight is 368 g/mol. The lowest BCUT2D eigenvalue weighted by Gasteiger charge is -2.15. The second-order valence-corrected chi connectivity index (χ2v) is 5.68. The third kappa shape index (κ3) is 4.72. The van der Waals surface area contributed by atoms with Crippen molar-refractivity contribution >= 4 is 23.2 Å². The molecule has 27 heavy (non-hydrogen) atoms. The fourth-order valence-electron chi connectivity index (χ4n) is 2.27. The zero-order chi connectivity index (χ0) is 19.2. The molecule has 1 atom stereocenters. The zero-order valence-corrected chi connectivity index (χ0v) is 14.4. The van der Waals surface area contributed by atoms with Crippen molar-refractivity contribution in [1.29, 1.82) is 0 Å². The molecular formula is C20H17FN2O4. The molecule has 0 bridgehead atoms. The van der Waals surface area contributed by atoms with Crippen molar-refractivity contribution in [2.45, 2.75) is 13.0 Å². The molecule has 2 aromatic carbocycles. The zero-order valence-electron chi connectivity index (χ0n) is 14.4. The molecule has 0 saturated carbocycles. The van der Waals surface area contributed by atoms with Crippen LogP contribution in [0.1, 0.15) is 17.5 Å². The summed E-state index contributed by atoms with van der Waals surface area (Å²) in [5, 5.41) is 5.15. The summed E-state index contributed by atoms with van der Waals surface area (Å²) >= 11 is 0. The second kappa shape index (κ2) is 8.18. The van der Waals surface area contributed by atoms with Crippen LogP contribution in [0.4, 0.5) is 15.8 Å². The fourth-order valence-corrected chi connectivity index (χ4v) is 2.27. The minimum atomic E-state index is -0.840. The van der Waals surface area contributed by atoms with Crippen LogP contribution in [0.3, 0.4) is 0 Å². The number of hydrogen-bond donors (Lipinski definition) is 2. The van der Waals surface area contributed by atoms with E-state index in [-0.39, 0.29) is 17.4 Å². The summed E-state index contributed by atoms with van der Waals surface area (Å²) in [6.07, 6.45) is 0.577. The second-order valence-electron chi connectivity index (χ2n) is 5.68. The Morgan fingerprint density at radius 3 is 2.41 bits per heavy atom. The van der Waals surface area contributed by atoms with Gasteiger partial charge in [-0.25, -0.2) is 4.39 Å². The number of para-hydroxylation sites is 1. The Labute approximate surface area is 155 Å². The molecule has 0 spiro atoms. The lowest BCUT2D eigenvalue weighted by Crippen LogP contribution is -2.30. The third-order valence-corrected chi connectivity index (χ3v) is 3.67. The first-order valence-corrected chi connectivity index (χ1v) is 8.20. The smallest absolute Gasteiger partial charge is 0.291 e. The average Bonchev–Trinajstić information content (AvgIpc) is 3.20. The van der Waals surface area contributed by atoms with Gasteiger partial charge in [-0.15, -0.1) is 0 Å². The Kier molecular flexibility index (Phi) is 5.51. The van der Waals surface area contributed by atoms with Gasteiger partial charge >= 0.3 is 0 Å². The molecule has 0 aliphatic heterocycles. The van der Waals surface area contributed by atoms with E-state index in [0.29, 0.717) is 11.4 Å². The van der Waals surface area contributed by atoms with Gasteiger partial charge in [-0.2, -0.15) is 0 Å². The summed E-state index contributed by atoms with van der Waals surface area (Å²) in [5.41, 5.74) is 0.640. The molecule has 7 heteroatoms. The molecule has 3 rings (SSSR count). The summed E-state index contributed by atoms with van der Waals surface area (Å²) in [5.74, 6) is -0.729. The highest BCUT2D eigenvalue weighted by Crippen LogP contribution is 2.19. The molecule has 2 N–H and O–H groups in total. The maximum atomic E-state index is 13.6. The van der Waals surface area contributed by atoms with Crippen molar-refractivity contribution in [1.82, 2.24) is 0 Å². The monoisotopic (exact) mass is 368 g/mol. The highest BCUT2D eigenvalue weighted by molar-refractivity contribution is 6.02. The number of carbonyl (C=O) groups is 2. The van der Waals surface area contributed by atoms with E-state index in [0.717, 1.165) is 0 Å². The Hall–Kier alpha value is -3.61. The molecule has 1 aromatic heterocycles. The fraction of sp³-hybridized carbons (Fsp3) is 0.100. The first-order chi connectivity index (χ1) is 13.0. The molecule has 2 amide bonds. The van der Waals surface area contributed by atoms with Crippen LogP contribution in [0, 0.1) is 5.82 Å². The molecule has 0 unspecified atom stereocenters. The predicted molar refractivity (Wildman–Crippen MR) is 98.2 cm³/mol. The lowest BCUT2D eigenvalue weighted by molar-refractivity contribution is -0.122. The number of amides is 2. The van der Waals surface area contributed by atoms with Gasteiger partial charge in [0.15, 0.2) is 11.9 Å². The number of nitrogens with one attached hydrogen (secondary N) is 2. The number of anilines is 2. The molecular weight excluding hydrogens is 351 g/mol. The van der Waals surface area contributed by atoms with Crippen molar-refractivity contribution in [2.24, 2.45) is 0 Å². The van der Waals surface area contributed by atoms with Gasteiger partial charge in [0.25, 0.3) is 11.8 Å². The van der Waals surface area contributed by atoms with Gasteiger partial charge in [0, 0.05) is 5.69 Å². The Balaban J connectivity index is 1.56. The molecule has 0 aliphatic carbocycles. The van der Waals surface area contributed by atoms with Crippen molar-refractivity contribution < 1.29 is 23.1 Å². The van der Waals surface area contributed by atoms with Gasteiger partial charge in [0.05, 0.1) is 12.0 Å². The Bertz CT molecular complexity index is 923. The van der Waals surface area contributed by atoms with Crippen LogP contribution in [-0.4, -0.2) is 17.9 Å². The van der Waals surface area contributed by atoms with Crippen molar-refractivity contribution in [3.8, 4) is 5.75 Å². The Morgan fingerprint density at radius 2 is 1.74 bits per heavy atom. The minimum Gasteiger partial charge on any atom is -0.481 e. The van der Waals surface area contributed by atoms with Crippen molar-refractivity contribution in [3.63, 3.8) is 0 Å². The van der Waals surface area contributed by atoms with Crippen LogP contribution in [0.25, 0.3) is 0 Å². The van der Waals surface area contributed by atoms with E-state index >= 15 is 0 Å². The van der Waals surface area contributed by atoms with Crippen LogP contribution in [0.15, 0.2) is 71.3 Å². The molecule has 3 aromatic rings. The van der Waals surface area contributed by atoms with Gasteiger partial charge in [0.2, 0.25) is 0 Å². The van der Waals surface area contributed by atoms with E-state index < -0.39 is 17.8 Å². The number of rotatable bonds is 6. The molecule has 138 valence electrons. The third-order valence-electron chi connectivity index (χ3n) is 3.67. The summed E-state index contributed by atoms with van der Waals surface area (Å²) in [7, 11) is 0. The summed E-state index contributed by atoms with van der Waals surface area (Å²) in [6.45, 7) is 1.56. The molecule has 0 saturated heterocycles. The topological polar surface area (TPSA) is 80.6 Å². The summed E-state index contributed by atoms with van der Waals surface area (Å²) in [6, 6.07) is 15.6. The van der Waals surface area contributed by atoms with Gasteiger partial charge < -0.3 is 19.8 Å². The van der Waals surface area contributed by atoms with Crippen molar-refractivity contribution in [2.75, 3.05) is 10.6 Å². The SMILES string of the molecule is C[C@H](Oc1ccc(NC(=O)c2ccco2)cc1)C(=O)Nc1ccccc1F. The van der Waals surface area contributed by atoms with Crippen LogP contribution in [0.5, 0.6) is 5.75 Å². The molecule has 0 fully saturated rings. The number of furan rings is 1. The Morgan fingerprint density at radius 1 is 1.00 bits per heavy atom. The van der Waals surface area contributed by atoms with Crippen molar-refractivity contribution in [3.05, 3.63) is 78.5 Å². The maximum Gasteiger partial charge on any atom is 0.291 e. The minimum absolute atomic E-state index is 0.0916. The first kappa shape index (κ1) is 18.2. The highest BCUT2D eigenvalue weighted by Gasteiger charge is 2.16. The normalized spacial score (nSPS) is 11.5. The molecule has 1 heterocycles. The van der Waals surface area contributed by atoms with Gasteiger partial charge in [-0.3, -0.25) is 9.59 Å². The summed E-state index contributed by atoms with van der Waals surface area (Å²) in [4.78, 5) is 24.1. The van der Waals surface area contributed by atoms with Gasteiger partial charge in [-0.1, -0.05) is 12.1 Å². The van der Waals surface area contributed by atoms with E-state index in [1.807, 2.05) is 0 Å². The molecule has 6 nitrogen and oxygen atoms in total. The number of hydrogen-bond acceptors (Lipinski definition) is 4. The largest absolute Gasteiger partial charge is 0.481 e. The van der Waals surface area contributed by atoms with Crippen LogP contribution in [0.2, 0.25) is 0 Å². The number of halogens is 1. The highest BCUT2D eigenvalue weighted by atomic mass is 19.1. The van der Waals surface area contributed by atoms with E-state index in [1.165, 1.54) is 24.5 Å². The van der Waals surface area contributed by atoms with Crippen LogP contribution < -0.4 is 15.4 Å².